The van der Waals surface area contributed by atoms with Gasteiger partial charge in [-0.3, -0.25) is 0 Å². The zero-order valence-corrected chi connectivity index (χ0v) is 8.36. The van der Waals surface area contributed by atoms with Gasteiger partial charge in [0.15, 0.2) is 0 Å². The molecule has 1 saturated heterocycles. The number of hydrogen-bond donors (Lipinski definition) is 1. The largest absolute Gasteiger partial charge is 0.302 e. The highest BCUT2D eigenvalue weighted by atomic mass is 32.2. The molecule has 1 rings (SSSR count). The van der Waals surface area contributed by atoms with E-state index in [1.807, 2.05) is 18.7 Å². The van der Waals surface area contributed by atoms with E-state index >= 15 is 0 Å². The zero-order valence-electron chi connectivity index (χ0n) is 7.55. The van der Waals surface area contributed by atoms with Crippen LogP contribution in [0.5, 0.6) is 0 Å². The van der Waals surface area contributed by atoms with Crippen LogP contribution in [0, 0.1) is 17.2 Å². The van der Waals surface area contributed by atoms with E-state index in [0.717, 1.165) is 18.9 Å². The molecule has 0 aliphatic carbocycles. The lowest BCUT2D eigenvalue weighted by Crippen LogP contribution is -2.31. The molecule has 0 radical (unpaired) electrons. The molecule has 12 heavy (non-hydrogen) atoms. The first-order valence-electron chi connectivity index (χ1n) is 4.57. The summed E-state index contributed by atoms with van der Waals surface area (Å²) in [7, 11) is 0. The van der Waals surface area contributed by atoms with Crippen molar-refractivity contribution >= 4 is 11.8 Å². The third-order valence-corrected chi connectivity index (χ3v) is 3.47. The number of hydrogen-bond acceptors (Lipinski definition) is 3. The van der Waals surface area contributed by atoms with Crippen LogP contribution in [0.2, 0.25) is 0 Å². The Balaban J connectivity index is 2.11. The van der Waals surface area contributed by atoms with Gasteiger partial charge in [-0.05, 0) is 36.8 Å². The maximum atomic E-state index is 8.68. The first-order valence-corrected chi connectivity index (χ1v) is 5.73. The Hall–Kier alpha value is -0.200. The predicted molar refractivity (Wildman–Crippen MR) is 53.1 cm³/mol. The van der Waals surface area contributed by atoms with Crippen LogP contribution >= 0.6 is 11.8 Å². The van der Waals surface area contributed by atoms with Crippen molar-refractivity contribution in [3.05, 3.63) is 0 Å². The Morgan fingerprint density at radius 3 is 3.08 bits per heavy atom. The molecule has 68 valence electrons. The van der Waals surface area contributed by atoms with Gasteiger partial charge in [0, 0.05) is 0 Å². The van der Waals surface area contributed by atoms with Crippen LogP contribution in [0.15, 0.2) is 0 Å². The van der Waals surface area contributed by atoms with Gasteiger partial charge in [-0.1, -0.05) is 6.92 Å². The van der Waals surface area contributed by atoms with Crippen LogP contribution in [0.4, 0.5) is 0 Å². The first kappa shape index (κ1) is 9.88. The van der Waals surface area contributed by atoms with Gasteiger partial charge in [0.2, 0.25) is 0 Å². The summed E-state index contributed by atoms with van der Waals surface area (Å²) in [5.74, 6) is 3.38. The number of nitrogens with zero attached hydrogens (tertiary/aromatic N) is 1. The molecule has 0 saturated carbocycles. The van der Waals surface area contributed by atoms with E-state index in [4.69, 9.17) is 5.26 Å². The number of nitriles is 1. The van der Waals surface area contributed by atoms with E-state index in [2.05, 4.69) is 11.4 Å². The second-order valence-electron chi connectivity index (χ2n) is 3.23. The summed E-state index contributed by atoms with van der Waals surface area (Å²) < 4.78 is 0. The molecule has 0 spiro atoms. The monoisotopic (exact) mass is 184 g/mol. The highest BCUT2D eigenvalue weighted by Gasteiger charge is 2.16. The Kier molecular flexibility index (Phi) is 4.49. The molecule has 1 fully saturated rings. The van der Waals surface area contributed by atoms with Crippen LogP contribution in [0.1, 0.15) is 19.8 Å². The summed E-state index contributed by atoms with van der Waals surface area (Å²) in [5, 5.41) is 12.0. The lowest BCUT2D eigenvalue weighted by atomic mass is 10.1. The SMILES string of the molecule is CCC(C#N)NCC1CCSC1. The number of thioether (sulfide) groups is 1. The lowest BCUT2D eigenvalue weighted by Gasteiger charge is -2.12. The van der Waals surface area contributed by atoms with E-state index in [0.29, 0.717) is 0 Å². The van der Waals surface area contributed by atoms with Gasteiger partial charge >= 0.3 is 0 Å². The summed E-state index contributed by atoms with van der Waals surface area (Å²) in [4.78, 5) is 0. The molecule has 1 aliphatic rings. The minimum absolute atomic E-state index is 0.0654. The van der Waals surface area contributed by atoms with E-state index in [1.54, 1.807) is 0 Å². The van der Waals surface area contributed by atoms with Crippen molar-refractivity contribution in [1.29, 1.82) is 5.26 Å². The summed E-state index contributed by atoms with van der Waals surface area (Å²) in [6.07, 6.45) is 2.23. The smallest absolute Gasteiger partial charge is 0.0950 e. The molecule has 0 aromatic heterocycles. The van der Waals surface area contributed by atoms with Gasteiger partial charge in [-0.15, -0.1) is 0 Å². The van der Waals surface area contributed by atoms with Gasteiger partial charge in [0.1, 0.15) is 0 Å². The maximum absolute atomic E-state index is 8.68. The molecular weight excluding hydrogens is 168 g/mol. The Morgan fingerprint density at radius 2 is 2.58 bits per heavy atom. The molecule has 1 heterocycles. The average Bonchev–Trinajstić information content (AvgIpc) is 2.59. The lowest BCUT2D eigenvalue weighted by molar-refractivity contribution is 0.487. The van der Waals surface area contributed by atoms with Crippen LogP contribution < -0.4 is 5.32 Å². The van der Waals surface area contributed by atoms with E-state index in [9.17, 15) is 0 Å². The molecule has 2 nitrogen and oxygen atoms in total. The van der Waals surface area contributed by atoms with Crippen molar-refractivity contribution in [2.75, 3.05) is 18.1 Å². The molecule has 0 aromatic carbocycles. The van der Waals surface area contributed by atoms with Gasteiger partial charge < -0.3 is 5.32 Å². The Labute approximate surface area is 78.7 Å². The van der Waals surface area contributed by atoms with Gasteiger partial charge in [-0.25, -0.2) is 0 Å². The fourth-order valence-corrected chi connectivity index (χ4v) is 2.62. The Morgan fingerprint density at radius 1 is 1.75 bits per heavy atom. The van der Waals surface area contributed by atoms with Crippen molar-refractivity contribution < 1.29 is 0 Å². The second-order valence-corrected chi connectivity index (χ2v) is 4.38. The van der Waals surface area contributed by atoms with Crippen LogP contribution in [-0.4, -0.2) is 24.1 Å². The van der Waals surface area contributed by atoms with Crippen molar-refractivity contribution in [3.8, 4) is 6.07 Å². The summed E-state index contributed by atoms with van der Waals surface area (Å²) in [6.45, 7) is 3.07. The summed E-state index contributed by atoms with van der Waals surface area (Å²) in [6, 6.07) is 2.32. The van der Waals surface area contributed by atoms with E-state index in [1.165, 1.54) is 17.9 Å². The minimum atomic E-state index is 0.0654. The number of rotatable bonds is 4. The molecule has 1 N–H and O–H groups in total. The quantitative estimate of drug-likeness (QED) is 0.721. The molecule has 0 aromatic rings. The normalized spacial score (nSPS) is 25.2. The summed E-state index contributed by atoms with van der Waals surface area (Å²) in [5.41, 5.74) is 0. The molecule has 3 heteroatoms. The molecule has 0 bridgehead atoms. The average molecular weight is 184 g/mol. The second kappa shape index (κ2) is 5.45. The fourth-order valence-electron chi connectivity index (χ4n) is 1.33. The third-order valence-electron chi connectivity index (χ3n) is 2.24. The van der Waals surface area contributed by atoms with E-state index in [-0.39, 0.29) is 6.04 Å². The van der Waals surface area contributed by atoms with Crippen molar-refractivity contribution in [2.45, 2.75) is 25.8 Å². The van der Waals surface area contributed by atoms with Crippen LogP contribution in [0.25, 0.3) is 0 Å². The van der Waals surface area contributed by atoms with Gasteiger partial charge in [0.05, 0.1) is 12.1 Å². The standard InChI is InChI=1S/C9H16N2S/c1-2-9(5-10)11-6-8-3-4-12-7-8/h8-9,11H,2-4,6-7H2,1H3. The van der Waals surface area contributed by atoms with Gasteiger partial charge in [-0.2, -0.15) is 17.0 Å². The molecule has 2 atom stereocenters. The third kappa shape index (κ3) is 3.04. The topological polar surface area (TPSA) is 35.8 Å². The van der Waals surface area contributed by atoms with Crippen LogP contribution in [0.3, 0.4) is 0 Å². The zero-order chi connectivity index (χ0) is 8.81. The van der Waals surface area contributed by atoms with Gasteiger partial charge in [0.25, 0.3) is 0 Å². The number of nitrogens with one attached hydrogen (secondary N) is 1. The molecular formula is C9H16N2S. The molecule has 1 aliphatic heterocycles. The predicted octanol–water partition coefficient (Wildman–Crippen LogP) is 1.63. The molecule has 0 amide bonds. The van der Waals surface area contributed by atoms with Crippen molar-refractivity contribution in [1.82, 2.24) is 5.32 Å². The van der Waals surface area contributed by atoms with Crippen molar-refractivity contribution in [3.63, 3.8) is 0 Å². The highest BCUT2D eigenvalue weighted by Crippen LogP contribution is 2.22. The van der Waals surface area contributed by atoms with Crippen molar-refractivity contribution in [2.24, 2.45) is 5.92 Å². The van der Waals surface area contributed by atoms with Crippen LogP contribution in [-0.2, 0) is 0 Å². The summed E-state index contributed by atoms with van der Waals surface area (Å²) >= 11 is 2.03. The maximum Gasteiger partial charge on any atom is 0.0950 e. The minimum Gasteiger partial charge on any atom is -0.302 e. The molecule has 2 unspecified atom stereocenters. The first-order chi connectivity index (χ1) is 5.86. The highest BCUT2D eigenvalue weighted by molar-refractivity contribution is 7.99. The van der Waals surface area contributed by atoms with E-state index < -0.39 is 0 Å². The Bertz CT molecular complexity index is 158. The fraction of sp³-hybridized carbons (Fsp3) is 0.889.